The Hall–Kier alpha value is -0.120. The summed E-state index contributed by atoms with van der Waals surface area (Å²) in [4.78, 5) is 2.29. The lowest BCUT2D eigenvalue weighted by Crippen LogP contribution is -2.37. The minimum absolute atomic E-state index is 0.236. The van der Waals surface area contributed by atoms with Crippen LogP contribution in [-0.4, -0.2) is 48.8 Å². The molecule has 0 aromatic rings. The van der Waals surface area contributed by atoms with Crippen LogP contribution in [0.15, 0.2) is 0 Å². The molecule has 0 rings (SSSR count). The summed E-state index contributed by atoms with van der Waals surface area (Å²) in [5.74, 6) is 0. The first-order valence-electron chi connectivity index (χ1n) is 5.16. The number of nitrogens with zero attached hydrogens (tertiary/aromatic N) is 1. The molecule has 3 heteroatoms. The summed E-state index contributed by atoms with van der Waals surface area (Å²) < 4.78 is 0. The van der Waals surface area contributed by atoms with Crippen molar-refractivity contribution < 1.29 is 5.11 Å². The van der Waals surface area contributed by atoms with Crippen molar-refractivity contribution >= 4 is 0 Å². The zero-order chi connectivity index (χ0) is 10.3. The van der Waals surface area contributed by atoms with E-state index in [9.17, 15) is 0 Å². The Labute approximate surface area is 82.1 Å². The molecule has 80 valence electrons. The van der Waals surface area contributed by atoms with Crippen LogP contribution in [0, 0.1) is 0 Å². The molecule has 0 saturated heterocycles. The second-order valence-corrected chi connectivity index (χ2v) is 3.80. The number of aliphatic hydroxyl groups excluding tert-OH is 1. The van der Waals surface area contributed by atoms with Crippen LogP contribution in [0.4, 0.5) is 0 Å². The lowest BCUT2D eigenvalue weighted by molar-refractivity contribution is 0.206. The summed E-state index contributed by atoms with van der Waals surface area (Å²) in [6.07, 6.45) is 1.01. The Bertz CT molecular complexity index is 117. The molecule has 0 heterocycles. The topological polar surface area (TPSA) is 35.5 Å². The zero-order valence-electron chi connectivity index (χ0n) is 9.38. The third kappa shape index (κ3) is 6.02. The first-order chi connectivity index (χ1) is 6.11. The van der Waals surface area contributed by atoms with Crippen molar-refractivity contribution in [2.75, 3.05) is 26.7 Å². The molecule has 3 nitrogen and oxygen atoms in total. The highest BCUT2D eigenvalue weighted by molar-refractivity contribution is 4.67. The van der Waals surface area contributed by atoms with E-state index >= 15 is 0 Å². The van der Waals surface area contributed by atoms with E-state index in [0.29, 0.717) is 6.04 Å². The highest BCUT2D eigenvalue weighted by Crippen LogP contribution is 1.98. The third-order valence-electron chi connectivity index (χ3n) is 2.42. The van der Waals surface area contributed by atoms with Crippen molar-refractivity contribution in [2.24, 2.45) is 0 Å². The smallest absolute Gasteiger partial charge is 0.0585 e. The number of hydrogen-bond donors (Lipinski definition) is 2. The molecule has 0 aliphatic rings. The maximum absolute atomic E-state index is 9.03. The summed E-state index contributed by atoms with van der Waals surface area (Å²) in [5.41, 5.74) is 0. The predicted octanol–water partition coefficient (Wildman–Crippen LogP) is 0.687. The quantitative estimate of drug-likeness (QED) is 0.617. The molecule has 0 bridgehead atoms. The lowest BCUT2D eigenvalue weighted by Gasteiger charge is -2.23. The van der Waals surface area contributed by atoms with Crippen LogP contribution in [0.2, 0.25) is 0 Å². The van der Waals surface area contributed by atoms with E-state index in [1.54, 1.807) is 0 Å². The van der Waals surface area contributed by atoms with Crippen LogP contribution in [0.1, 0.15) is 27.2 Å². The van der Waals surface area contributed by atoms with Crippen LogP contribution in [-0.2, 0) is 0 Å². The lowest BCUT2D eigenvalue weighted by atomic mass is 10.2. The second kappa shape index (κ2) is 7.30. The maximum Gasteiger partial charge on any atom is 0.0585 e. The Balaban J connectivity index is 3.58. The Morgan fingerprint density at radius 1 is 1.38 bits per heavy atom. The first-order valence-corrected chi connectivity index (χ1v) is 5.16. The molecular weight excluding hydrogens is 164 g/mol. The summed E-state index contributed by atoms with van der Waals surface area (Å²) in [5, 5.41) is 12.3. The van der Waals surface area contributed by atoms with Gasteiger partial charge in [-0.1, -0.05) is 6.92 Å². The van der Waals surface area contributed by atoms with Gasteiger partial charge in [-0.05, 0) is 40.4 Å². The number of aliphatic hydroxyl groups is 1. The van der Waals surface area contributed by atoms with Crippen LogP contribution >= 0.6 is 0 Å². The zero-order valence-corrected chi connectivity index (χ0v) is 9.38. The summed E-state index contributed by atoms with van der Waals surface area (Å²) in [6, 6.07) is 0.840. The van der Waals surface area contributed by atoms with Crippen LogP contribution in [0.3, 0.4) is 0 Å². The van der Waals surface area contributed by atoms with E-state index in [-0.39, 0.29) is 12.6 Å². The first kappa shape index (κ1) is 12.9. The average Bonchev–Trinajstić information content (AvgIpc) is 2.11. The highest BCUT2D eigenvalue weighted by Gasteiger charge is 2.08. The Kier molecular flexibility index (Phi) is 7.23. The van der Waals surface area contributed by atoms with Crippen LogP contribution in [0.5, 0.6) is 0 Å². The van der Waals surface area contributed by atoms with Gasteiger partial charge in [0.1, 0.15) is 0 Å². The average molecular weight is 188 g/mol. The van der Waals surface area contributed by atoms with Gasteiger partial charge in [0.25, 0.3) is 0 Å². The van der Waals surface area contributed by atoms with Gasteiger partial charge in [-0.25, -0.2) is 0 Å². The number of hydrogen-bond acceptors (Lipinski definition) is 3. The van der Waals surface area contributed by atoms with Gasteiger partial charge < -0.3 is 15.3 Å². The Morgan fingerprint density at radius 2 is 2.00 bits per heavy atom. The van der Waals surface area contributed by atoms with Gasteiger partial charge in [0.05, 0.1) is 6.61 Å². The molecule has 13 heavy (non-hydrogen) atoms. The predicted molar refractivity (Wildman–Crippen MR) is 56.9 cm³/mol. The van der Waals surface area contributed by atoms with Gasteiger partial charge in [-0.2, -0.15) is 0 Å². The molecule has 0 saturated carbocycles. The second-order valence-electron chi connectivity index (χ2n) is 3.80. The normalized spacial score (nSPS) is 14.1. The molecule has 0 aliphatic carbocycles. The number of nitrogens with one attached hydrogen (secondary N) is 1. The minimum Gasteiger partial charge on any atom is -0.395 e. The van der Waals surface area contributed by atoms with E-state index in [0.717, 1.165) is 19.5 Å². The summed E-state index contributed by atoms with van der Waals surface area (Å²) in [7, 11) is 2.12. The molecule has 0 radical (unpaired) electrons. The molecule has 2 N–H and O–H groups in total. The molecule has 0 aliphatic heterocycles. The Morgan fingerprint density at radius 3 is 2.38 bits per heavy atom. The largest absolute Gasteiger partial charge is 0.395 e. The van der Waals surface area contributed by atoms with Crippen molar-refractivity contribution in [1.29, 1.82) is 0 Å². The van der Waals surface area contributed by atoms with Crippen molar-refractivity contribution in [3.63, 3.8) is 0 Å². The van der Waals surface area contributed by atoms with Gasteiger partial charge in [0, 0.05) is 12.1 Å². The molecule has 0 aromatic heterocycles. The van der Waals surface area contributed by atoms with Crippen molar-refractivity contribution in [3.8, 4) is 0 Å². The standard InChI is InChI=1S/C10H24N2O/c1-5-11-10(8-13)6-7-12(4)9(2)3/h9-11,13H,5-8H2,1-4H3. The number of rotatable bonds is 7. The van der Waals surface area contributed by atoms with E-state index in [1.807, 2.05) is 0 Å². The summed E-state index contributed by atoms with van der Waals surface area (Å²) >= 11 is 0. The van der Waals surface area contributed by atoms with Crippen LogP contribution < -0.4 is 5.32 Å². The fourth-order valence-electron chi connectivity index (χ4n) is 1.16. The van der Waals surface area contributed by atoms with Gasteiger partial charge in [0.2, 0.25) is 0 Å². The van der Waals surface area contributed by atoms with E-state index in [4.69, 9.17) is 5.11 Å². The molecule has 1 atom stereocenters. The molecule has 0 aromatic carbocycles. The molecular formula is C10H24N2O. The fourth-order valence-corrected chi connectivity index (χ4v) is 1.16. The van der Waals surface area contributed by atoms with Crippen molar-refractivity contribution in [3.05, 3.63) is 0 Å². The van der Waals surface area contributed by atoms with Crippen LogP contribution in [0.25, 0.3) is 0 Å². The van der Waals surface area contributed by atoms with Crippen molar-refractivity contribution in [1.82, 2.24) is 10.2 Å². The molecule has 0 fully saturated rings. The SMILES string of the molecule is CCNC(CO)CCN(C)C(C)C. The minimum atomic E-state index is 0.236. The molecule has 0 spiro atoms. The third-order valence-corrected chi connectivity index (χ3v) is 2.42. The van der Waals surface area contributed by atoms with E-state index in [2.05, 4.69) is 38.0 Å². The highest BCUT2D eigenvalue weighted by atomic mass is 16.3. The van der Waals surface area contributed by atoms with Gasteiger partial charge >= 0.3 is 0 Å². The molecule has 0 amide bonds. The number of likely N-dealkylation sites (N-methyl/N-ethyl adjacent to an activating group) is 1. The van der Waals surface area contributed by atoms with Crippen molar-refractivity contribution in [2.45, 2.75) is 39.3 Å². The summed E-state index contributed by atoms with van der Waals surface area (Å²) in [6.45, 7) is 8.63. The van der Waals surface area contributed by atoms with E-state index in [1.165, 1.54) is 0 Å². The maximum atomic E-state index is 9.03. The fraction of sp³-hybridized carbons (Fsp3) is 1.00. The van der Waals surface area contributed by atoms with Gasteiger partial charge in [0.15, 0.2) is 0 Å². The molecule has 1 unspecified atom stereocenters. The van der Waals surface area contributed by atoms with Gasteiger partial charge in [-0.3, -0.25) is 0 Å². The monoisotopic (exact) mass is 188 g/mol. The van der Waals surface area contributed by atoms with E-state index < -0.39 is 0 Å². The van der Waals surface area contributed by atoms with Gasteiger partial charge in [-0.15, -0.1) is 0 Å².